The fourth-order valence-corrected chi connectivity index (χ4v) is 1.75. The Morgan fingerprint density at radius 1 is 1.46 bits per heavy atom. The predicted octanol–water partition coefficient (Wildman–Crippen LogP) is 2.29. The number of methoxy groups -OCH3 is 1. The molecule has 0 saturated heterocycles. The number of hydrogen-bond donors (Lipinski definition) is 1. The molecule has 2 aromatic rings. The summed E-state index contributed by atoms with van der Waals surface area (Å²) in [5.74, 6) is 0.655. The average Bonchev–Trinajstić information content (AvgIpc) is 2.59. The molecule has 0 aliphatic heterocycles. The van der Waals surface area contributed by atoms with Crippen LogP contribution < -0.4 is 4.74 Å². The quantitative estimate of drug-likeness (QED) is 0.745. The second kappa shape index (κ2) is 3.30. The molecule has 0 unspecified atom stereocenters. The van der Waals surface area contributed by atoms with E-state index in [1.807, 2.05) is 24.6 Å². The molecule has 13 heavy (non-hydrogen) atoms. The number of hydrogen-bond acceptors (Lipinski definition) is 3. The van der Waals surface area contributed by atoms with Crippen molar-refractivity contribution in [3.8, 4) is 5.88 Å². The summed E-state index contributed by atoms with van der Waals surface area (Å²) in [6.07, 6.45) is 3.99. The number of aromatic amines is 1. The van der Waals surface area contributed by atoms with Gasteiger partial charge in [0.1, 0.15) is 5.52 Å². The molecular weight excluding hydrogens is 184 g/mol. The third kappa shape index (κ3) is 1.37. The molecule has 2 aromatic heterocycles. The minimum Gasteiger partial charge on any atom is -0.481 e. The first kappa shape index (κ1) is 8.44. The van der Waals surface area contributed by atoms with E-state index in [-0.39, 0.29) is 0 Å². The maximum atomic E-state index is 5.06. The summed E-state index contributed by atoms with van der Waals surface area (Å²) in [6, 6.07) is 3.82. The van der Waals surface area contributed by atoms with Crippen LogP contribution in [-0.4, -0.2) is 23.3 Å². The number of nitrogens with one attached hydrogen (secondary N) is 1. The number of rotatable bonds is 2. The number of pyridine rings is 1. The molecule has 2 heterocycles. The summed E-state index contributed by atoms with van der Waals surface area (Å²) in [5, 5.41) is 0. The van der Waals surface area contributed by atoms with Crippen molar-refractivity contribution in [1.82, 2.24) is 9.97 Å². The van der Waals surface area contributed by atoms with Crippen molar-refractivity contribution in [2.24, 2.45) is 0 Å². The molecule has 0 radical (unpaired) electrons. The lowest BCUT2D eigenvalue weighted by Crippen LogP contribution is -1.86. The van der Waals surface area contributed by atoms with Gasteiger partial charge in [0.05, 0.1) is 17.5 Å². The number of aromatic nitrogens is 2. The molecule has 2 rings (SSSR count). The van der Waals surface area contributed by atoms with Crippen LogP contribution in [0.4, 0.5) is 0 Å². The van der Waals surface area contributed by atoms with Gasteiger partial charge in [0, 0.05) is 12.3 Å². The van der Waals surface area contributed by atoms with Crippen molar-refractivity contribution in [1.29, 1.82) is 0 Å². The van der Waals surface area contributed by atoms with Gasteiger partial charge in [0.25, 0.3) is 0 Å². The number of ether oxygens (including phenoxy) is 1. The number of fused-ring (bicyclic) bond motifs is 1. The van der Waals surface area contributed by atoms with Crippen LogP contribution in [0.1, 0.15) is 0 Å². The zero-order valence-corrected chi connectivity index (χ0v) is 8.31. The molecule has 68 valence electrons. The fraction of sp³-hybridized carbons (Fsp3) is 0.222. The third-order valence-corrected chi connectivity index (χ3v) is 2.64. The Hall–Kier alpha value is -1.16. The first-order chi connectivity index (χ1) is 6.35. The van der Waals surface area contributed by atoms with Crippen LogP contribution in [0.15, 0.2) is 23.2 Å². The van der Waals surface area contributed by atoms with Gasteiger partial charge in [-0.3, -0.25) is 0 Å². The van der Waals surface area contributed by atoms with Gasteiger partial charge in [-0.15, -0.1) is 11.8 Å². The van der Waals surface area contributed by atoms with Gasteiger partial charge in [0.2, 0.25) is 5.88 Å². The maximum absolute atomic E-state index is 5.06. The Balaban J connectivity index is 2.64. The Morgan fingerprint density at radius 3 is 3.00 bits per heavy atom. The molecule has 0 aromatic carbocycles. The van der Waals surface area contributed by atoms with Crippen LogP contribution in [-0.2, 0) is 0 Å². The van der Waals surface area contributed by atoms with E-state index in [2.05, 4.69) is 9.97 Å². The molecule has 0 aliphatic rings. The SMILES string of the molecule is COc1ccc2[nH]cc(SC)c2n1. The van der Waals surface area contributed by atoms with E-state index < -0.39 is 0 Å². The molecule has 0 saturated carbocycles. The van der Waals surface area contributed by atoms with E-state index in [1.54, 1.807) is 18.9 Å². The van der Waals surface area contributed by atoms with Gasteiger partial charge >= 0.3 is 0 Å². The van der Waals surface area contributed by atoms with Gasteiger partial charge in [-0.25, -0.2) is 4.98 Å². The van der Waals surface area contributed by atoms with E-state index in [0.717, 1.165) is 15.9 Å². The van der Waals surface area contributed by atoms with E-state index >= 15 is 0 Å². The van der Waals surface area contributed by atoms with Crippen molar-refractivity contribution in [2.75, 3.05) is 13.4 Å². The Bertz CT molecular complexity index is 424. The van der Waals surface area contributed by atoms with Gasteiger partial charge in [-0.2, -0.15) is 0 Å². The van der Waals surface area contributed by atoms with Crippen molar-refractivity contribution < 1.29 is 4.74 Å². The van der Waals surface area contributed by atoms with Crippen molar-refractivity contribution in [3.63, 3.8) is 0 Å². The molecule has 0 fully saturated rings. The minimum atomic E-state index is 0.655. The Labute approximate surface area is 80.5 Å². The zero-order valence-electron chi connectivity index (χ0n) is 7.50. The van der Waals surface area contributed by atoms with Crippen LogP contribution in [0.2, 0.25) is 0 Å². The van der Waals surface area contributed by atoms with Crippen molar-refractivity contribution in [2.45, 2.75) is 4.90 Å². The van der Waals surface area contributed by atoms with Crippen molar-refractivity contribution >= 4 is 22.8 Å². The number of H-pyrrole nitrogens is 1. The number of nitrogens with zero attached hydrogens (tertiary/aromatic N) is 1. The molecule has 0 bridgehead atoms. The lowest BCUT2D eigenvalue weighted by atomic mass is 10.4. The van der Waals surface area contributed by atoms with Gasteiger partial charge in [-0.05, 0) is 12.3 Å². The largest absolute Gasteiger partial charge is 0.481 e. The first-order valence-corrected chi connectivity index (χ1v) is 5.13. The standard InChI is InChI=1S/C9H10N2OS/c1-12-8-4-3-6-9(11-8)7(13-2)5-10-6/h3-5,10H,1-2H3. The van der Waals surface area contributed by atoms with E-state index in [9.17, 15) is 0 Å². The lowest BCUT2D eigenvalue weighted by molar-refractivity contribution is 0.399. The zero-order chi connectivity index (χ0) is 9.26. The normalized spacial score (nSPS) is 10.6. The van der Waals surface area contributed by atoms with Crippen LogP contribution >= 0.6 is 11.8 Å². The average molecular weight is 194 g/mol. The molecule has 0 aliphatic carbocycles. The second-order valence-corrected chi connectivity index (χ2v) is 3.45. The topological polar surface area (TPSA) is 37.9 Å². The smallest absolute Gasteiger partial charge is 0.213 e. The van der Waals surface area contributed by atoms with Crippen LogP contribution in [0, 0.1) is 0 Å². The molecule has 0 atom stereocenters. The van der Waals surface area contributed by atoms with E-state index in [0.29, 0.717) is 5.88 Å². The molecule has 0 amide bonds. The van der Waals surface area contributed by atoms with E-state index in [4.69, 9.17) is 4.74 Å². The summed E-state index contributed by atoms with van der Waals surface area (Å²) in [7, 11) is 1.62. The summed E-state index contributed by atoms with van der Waals surface area (Å²) in [4.78, 5) is 8.65. The van der Waals surface area contributed by atoms with Crippen LogP contribution in [0.25, 0.3) is 11.0 Å². The van der Waals surface area contributed by atoms with Gasteiger partial charge in [0.15, 0.2) is 0 Å². The molecule has 3 nitrogen and oxygen atoms in total. The summed E-state index contributed by atoms with van der Waals surface area (Å²) < 4.78 is 5.06. The number of thioether (sulfide) groups is 1. The highest BCUT2D eigenvalue weighted by Crippen LogP contribution is 2.25. The first-order valence-electron chi connectivity index (χ1n) is 3.91. The molecule has 0 spiro atoms. The molecular formula is C9H10N2OS. The van der Waals surface area contributed by atoms with Gasteiger partial charge < -0.3 is 9.72 Å². The monoisotopic (exact) mass is 194 g/mol. The highest BCUT2D eigenvalue weighted by molar-refractivity contribution is 7.98. The van der Waals surface area contributed by atoms with Crippen LogP contribution in [0.3, 0.4) is 0 Å². The Morgan fingerprint density at radius 2 is 2.31 bits per heavy atom. The fourth-order valence-electron chi connectivity index (χ4n) is 1.23. The predicted molar refractivity (Wildman–Crippen MR) is 54.4 cm³/mol. The highest BCUT2D eigenvalue weighted by Gasteiger charge is 2.04. The lowest BCUT2D eigenvalue weighted by Gasteiger charge is -1.98. The van der Waals surface area contributed by atoms with E-state index in [1.165, 1.54) is 0 Å². The Kier molecular flexibility index (Phi) is 2.14. The maximum Gasteiger partial charge on any atom is 0.213 e. The summed E-state index contributed by atoms with van der Waals surface area (Å²) in [6.45, 7) is 0. The molecule has 1 N–H and O–H groups in total. The van der Waals surface area contributed by atoms with Crippen LogP contribution in [0.5, 0.6) is 5.88 Å². The third-order valence-electron chi connectivity index (χ3n) is 1.89. The summed E-state index contributed by atoms with van der Waals surface area (Å²) in [5.41, 5.74) is 2.03. The second-order valence-electron chi connectivity index (χ2n) is 2.61. The minimum absolute atomic E-state index is 0.655. The highest BCUT2D eigenvalue weighted by atomic mass is 32.2. The molecule has 4 heteroatoms. The summed E-state index contributed by atoms with van der Waals surface area (Å²) >= 11 is 1.67. The van der Waals surface area contributed by atoms with Crippen molar-refractivity contribution in [3.05, 3.63) is 18.3 Å². The van der Waals surface area contributed by atoms with Gasteiger partial charge in [-0.1, -0.05) is 0 Å².